The molecule has 0 saturated carbocycles. The van der Waals surface area contributed by atoms with Gasteiger partial charge in [-0.05, 0) is 31.8 Å². The van der Waals surface area contributed by atoms with Crippen LogP contribution in [0.1, 0.15) is 6.42 Å². The summed E-state index contributed by atoms with van der Waals surface area (Å²) < 4.78 is 0. The first kappa shape index (κ1) is 10.1. The van der Waals surface area contributed by atoms with E-state index in [4.69, 9.17) is 0 Å². The standard InChI is InChI=1S/C12H23N3/c1-13-3-2-11(6-13)7-15-9-12(10-15)8-14-4-5-14/h11-12H,2-10H2,1H3. The van der Waals surface area contributed by atoms with Crippen LogP contribution in [-0.2, 0) is 0 Å². The molecule has 3 aliphatic heterocycles. The molecule has 0 amide bonds. The fourth-order valence-corrected chi connectivity index (χ4v) is 3.10. The molecule has 0 spiro atoms. The molecule has 0 aromatic carbocycles. The van der Waals surface area contributed by atoms with Crippen molar-refractivity contribution < 1.29 is 0 Å². The van der Waals surface area contributed by atoms with Crippen LogP contribution in [0, 0.1) is 11.8 Å². The zero-order valence-corrected chi connectivity index (χ0v) is 9.86. The van der Waals surface area contributed by atoms with E-state index in [1.54, 1.807) is 0 Å². The summed E-state index contributed by atoms with van der Waals surface area (Å²) in [5, 5.41) is 0. The van der Waals surface area contributed by atoms with Crippen molar-refractivity contribution in [3.8, 4) is 0 Å². The van der Waals surface area contributed by atoms with E-state index in [0.717, 1.165) is 11.8 Å². The predicted octanol–water partition coefficient (Wildman–Crippen LogP) is 0.186. The Hall–Kier alpha value is -0.120. The first-order chi connectivity index (χ1) is 7.29. The summed E-state index contributed by atoms with van der Waals surface area (Å²) >= 11 is 0. The maximum absolute atomic E-state index is 2.66. The van der Waals surface area contributed by atoms with E-state index in [-0.39, 0.29) is 0 Å². The summed E-state index contributed by atoms with van der Waals surface area (Å²) in [6.45, 7) is 10.9. The zero-order valence-electron chi connectivity index (χ0n) is 9.86. The van der Waals surface area contributed by atoms with Gasteiger partial charge in [-0.15, -0.1) is 0 Å². The lowest BCUT2D eigenvalue weighted by atomic mass is 9.97. The quantitative estimate of drug-likeness (QED) is 0.612. The van der Waals surface area contributed by atoms with Crippen LogP contribution < -0.4 is 0 Å². The summed E-state index contributed by atoms with van der Waals surface area (Å²) in [5.74, 6) is 1.95. The molecule has 3 saturated heterocycles. The highest BCUT2D eigenvalue weighted by Gasteiger charge is 2.33. The van der Waals surface area contributed by atoms with Gasteiger partial charge in [-0.25, -0.2) is 0 Å². The Labute approximate surface area is 93.0 Å². The molecule has 3 heterocycles. The van der Waals surface area contributed by atoms with Gasteiger partial charge in [-0.1, -0.05) is 0 Å². The van der Waals surface area contributed by atoms with Gasteiger partial charge in [0.25, 0.3) is 0 Å². The van der Waals surface area contributed by atoms with Gasteiger partial charge in [0.1, 0.15) is 0 Å². The molecule has 86 valence electrons. The van der Waals surface area contributed by atoms with Gasteiger partial charge in [0.05, 0.1) is 0 Å². The Morgan fingerprint density at radius 1 is 0.867 bits per heavy atom. The van der Waals surface area contributed by atoms with Crippen molar-refractivity contribution in [2.45, 2.75) is 6.42 Å². The molecule has 0 bridgehead atoms. The maximum Gasteiger partial charge on any atom is 0.0110 e. The highest BCUT2D eigenvalue weighted by Crippen LogP contribution is 2.23. The number of likely N-dealkylation sites (tertiary alicyclic amines) is 2. The average molecular weight is 209 g/mol. The second kappa shape index (κ2) is 4.04. The lowest BCUT2D eigenvalue weighted by Crippen LogP contribution is -2.51. The summed E-state index contributed by atoms with van der Waals surface area (Å²) in [6.07, 6.45) is 1.42. The van der Waals surface area contributed by atoms with Crippen LogP contribution in [0.3, 0.4) is 0 Å². The summed E-state index contributed by atoms with van der Waals surface area (Å²) in [4.78, 5) is 7.70. The Morgan fingerprint density at radius 2 is 1.60 bits per heavy atom. The van der Waals surface area contributed by atoms with E-state index in [0.29, 0.717) is 0 Å². The van der Waals surface area contributed by atoms with Crippen molar-refractivity contribution in [3.05, 3.63) is 0 Å². The van der Waals surface area contributed by atoms with Crippen LogP contribution in [0.2, 0.25) is 0 Å². The molecule has 0 aromatic heterocycles. The number of rotatable bonds is 4. The van der Waals surface area contributed by atoms with E-state index >= 15 is 0 Å². The van der Waals surface area contributed by atoms with Crippen molar-refractivity contribution >= 4 is 0 Å². The van der Waals surface area contributed by atoms with Crippen molar-refractivity contribution in [3.63, 3.8) is 0 Å². The van der Waals surface area contributed by atoms with Crippen molar-refractivity contribution in [2.24, 2.45) is 11.8 Å². The number of nitrogens with zero attached hydrogens (tertiary/aromatic N) is 3. The highest BCUT2D eigenvalue weighted by molar-refractivity contribution is 4.88. The van der Waals surface area contributed by atoms with E-state index in [1.807, 2.05) is 0 Å². The Kier molecular flexibility index (Phi) is 2.71. The summed E-state index contributed by atoms with van der Waals surface area (Å²) in [6, 6.07) is 0. The maximum atomic E-state index is 2.66. The van der Waals surface area contributed by atoms with E-state index < -0.39 is 0 Å². The van der Waals surface area contributed by atoms with Gasteiger partial charge in [0, 0.05) is 45.8 Å². The van der Waals surface area contributed by atoms with Gasteiger partial charge in [0.2, 0.25) is 0 Å². The summed E-state index contributed by atoms with van der Waals surface area (Å²) in [5.41, 5.74) is 0. The van der Waals surface area contributed by atoms with Gasteiger partial charge in [-0.2, -0.15) is 0 Å². The van der Waals surface area contributed by atoms with E-state index in [2.05, 4.69) is 21.7 Å². The molecule has 15 heavy (non-hydrogen) atoms. The first-order valence-electron chi connectivity index (χ1n) is 6.43. The largest absolute Gasteiger partial charge is 0.306 e. The molecule has 3 fully saturated rings. The molecule has 3 nitrogen and oxygen atoms in total. The minimum Gasteiger partial charge on any atom is -0.306 e. The molecular formula is C12H23N3. The third-order valence-electron chi connectivity index (χ3n) is 4.09. The SMILES string of the molecule is CN1CCC(CN2CC(CN3CC3)C2)C1. The van der Waals surface area contributed by atoms with Gasteiger partial charge < -0.3 is 14.7 Å². The van der Waals surface area contributed by atoms with E-state index in [1.165, 1.54) is 58.8 Å². The first-order valence-corrected chi connectivity index (χ1v) is 6.43. The molecule has 3 heteroatoms. The second-order valence-electron chi connectivity index (χ2n) is 5.80. The van der Waals surface area contributed by atoms with Crippen LogP contribution in [-0.4, -0.2) is 74.1 Å². The molecule has 3 rings (SSSR count). The molecular weight excluding hydrogens is 186 g/mol. The van der Waals surface area contributed by atoms with Gasteiger partial charge >= 0.3 is 0 Å². The molecule has 0 aliphatic carbocycles. The van der Waals surface area contributed by atoms with Crippen LogP contribution in [0.4, 0.5) is 0 Å². The van der Waals surface area contributed by atoms with Crippen LogP contribution in [0.15, 0.2) is 0 Å². The molecule has 1 unspecified atom stereocenters. The Morgan fingerprint density at radius 3 is 2.20 bits per heavy atom. The van der Waals surface area contributed by atoms with Crippen LogP contribution in [0.25, 0.3) is 0 Å². The molecule has 0 aromatic rings. The lowest BCUT2D eigenvalue weighted by molar-refractivity contribution is 0.0738. The minimum absolute atomic E-state index is 0.956. The zero-order chi connectivity index (χ0) is 10.3. The van der Waals surface area contributed by atoms with Gasteiger partial charge in [0.15, 0.2) is 0 Å². The molecule has 0 N–H and O–H groups in total. The predicted molar refractivity (Wildman–Crippen MR) is 62.0 cm³/mol. The molecule has 3 aliphatic rings. The van der Waals surface area contributed by atoms with Crippen LogP contribution >= 0.6 is 0 Å². The fraction of sp³-hybridized carbons (Fsp3) is 1.00. The smallest absolute Gasteiger partial charge is 0.0110 e. The highest BCUT2D eigenvalue weighted by atomic mass is 15.3. The normalized spacial score (nSPS) is 34.6. The van der Waals surface area contributed by atoms with Crippen molar-refractivity contribution in [1.82, 2.24) is 14.7 Å². The Bertz CT molecular complexity index is 221. The molecule has 0 radical (unpaired) electrons. The van der Waals surface area contributed by atoms with Crippen molar-refractivity contribution in [1.29, 1.82) is 0 Å². The third kappa shape index (κ3) is 2.52. The number of hydrogen-bond donors (Lipinski definition) is 0. The lowest BCUT2D eigenvalue weighted by Gasteiger charge is -2.41. The second-order valence-corrected chi connectivity index (χ2v) is 5.80. The number of hydrogen-bond acceptors (Lipinski definition) is 3. The average Bonchev–Trinajstić information content (AvgIpc) is 2.86. The fourth-order valence-electron chi connectivity index (χ4n) is 3.10. The topological polar surface area (TPSA) is 9.49 Å². The minimum atomic E-state index is 0.956. The summed E-state index contributed by atoms with van der Waals surface area (Å²) in [7, 11) is 2.25. The van der Waals surface area contributed by atoms with Gasteiger partial charge in [-0.3, -0.25) is 0 Å². The Balaban J connectivity index is 1.33. The third-order valence-corrected chi connectivity index (χ3v) is 4.09. The monoisotopic (exact) mass is 209 g/mol. The molecule has 1 atom stereocenters. The van der Waals surface area contributed by atoms with Crippen molar-refractivity contribution in [2.75, 3.05) is 59.4 Å². The van der Waals surface area contributed by atoms with Crippen LogP contribution in [0.5, 0.6) is 0 Å². The van der Waals surface area contributed by atoms with E-state index in [9.17, 15) is 0 Å².